The van der Waals surface area contributed by atoms with E-state index in [-0.39, 0.29) is 0 Å². The van der Waals surface area contributed by atoms with Crippen molar-refractivity contribution in [1.82, 2.24) is 0 Å². The average molecular weight is 607 g/mol. The van der Waals surface area contributed by atoms with Gasteiger partial charge in [0, 0.05) is 51.8 Å². The molecule has 0 aliphatic carbocycles. The summed E-state index contributed by atoms with van der Waals surface area (Å²) in [6.45, 7) is 0. The molecule has 5 aromatic carbocycles. The highest BCUT2D eigenvalue weighted by Gasteiger charge is 2.23. The predicted molar refractivity (Wildman–Crippen MR) is 190 cm³/mol. The Morgan fingerprint density at radius 3 is 1.24 bits per heavy atom. The van der Waals surface area contributed by atoms with E-state index in [9.17, 15) is 0 Å². The van der Waals surface area contributed by atoms with Crippen LogP contribution in [0.5, 0.6) is 0 Å². The van der Waals surface area contributed by atoms with E-state index < -0.39 is 0 Å². The largest absolute Gasteiger partial charge is 0.142 e. The van der Waals surface area contributed by atoms with Crippen molar-refractivity contribution in [3.8, 4) is 41.8 Å². The summed E-state index contributed by atoms with van der Waals surface area (Å²) in [5.41, 5.74) is 5.25. The van der Waals surface area contributed by atoms with Crippen molar-refractivity contribution in [2.75, 3.05) is 0 Å². The Morgan fingerprint density at radius 2 is 0.786 bits per heavy atom. The molecule has 0 saturated carbocycles. The van der Waals surface area contributed by atoms with Gasteiger partial charge in [-0.05, 0) is 44.8 Å². The van der Waals surface area contributed by atoms with Gasteiger partial charge in [-0.1, -0.05) is 109 Å². The zero-order valence-electron chi connectivity index (χ0n) is 22.3. The Kier molecular flexibility index (Phi) is 5.70. The quantitative estimate of drug-likeness (QED) is 0.187. The van der Waals surface area contributed by atoms with Crippen LogP contribution in [0.15, 0.2) is 132 Å². The van der Waals surface area contributed by atoms with Crippen LogP contribution in [0.3, 0.4) is 0 Å². The molecule has 0 aliphatic rings. The van der Waals surface area contributed by atoms with Crippen LogP contribution in [0.4, 0.5) is 0 Å². The molecule has 0 aliphatic heterocycles. The minimum absolute atomic E-state index is 1.27. The van der Waals surface area contributed by atoms with Gasteiger partial charge in [0.25, 0.3) is 0 Å². The van der Waals surface area contributed by atoms with Crippen molar-refractivity contribution < 1.29 is 0 Å². The third-order valence-corrected chi connectivity index (χ3v) is 12.7. The van der Waals surface area contributed by atoms with Crippen LogP contribution in [-0.4, -0.2) is 0 Å². The van der Waals surface area contributed by atoms with Crippen LogP contribution in [-0.2, 0) is 0 Å². The third kappa shape index (κ3) is 3.77. The molecule has 0 radical (unpaired) electrons. The summed E-state index contributed by atoms with van der Waals surface area (Å²) in [6.07, 6.45) is 0. The zero-order chi connectivity index (χ0) is 27.6. The Labute approximate surface area is 259 Å². The molecule has 4 aromatic heterocycles. The topological polar surface area (TPSA) is 0 Å². The lowest BCUT2D eigenvalue weighted by Crippen LogP contribution is -1.84. The molecule has 4 heteroatoms. The monoisotopic (exact) mass is 606 g/mol. The molecule has 0 fully saturated rings. The van der Waals surface area contributed by atoms with Crippen LogP contribution in [0.25, 0.3) is 83.5 Å². The maximum Gasteiger partial charge on any atom is 0.0521 e. The smallest absolute Gasteiger partial charge is 0.0521 e. The molecule has 0 bridgehead atoms. The van der Waals surface area contributed by atoms with E-state index in [1.54, 1.807) is 0 Å². The van der Waals surface area contributed by atoms with Crippen LogP contribution < -0.4 is 0 Å². The first kappa shape index (κ1) is 24.5. The van der Waals surface area contributed by atoms with E-state index in [0.29, 0.717) is 0 Å². The molecule has 0 amide bonds. The summed E-state index contributed by atoms with van der Waals surface area (Å²) in [4.78, 5) is 5.40. The highest BCUT2D eigenvalue weighted by Crippen LogP contribution is 2.54. The number of hydrogen-bond acceptors (Lipinski definition) is 4. The van der Waals surface area contributed by atoms with Crippen molar-refractivity contribution in [2.45, 2.75) is 0 Å². The molecule has 9 rings (SSSR count). The molecule has 0 spiro atoms. The number of benzene rings is 5. The van der Waals surface area contributed by atoms with Gasteiger partial charge in [0.05, 0.1) is 9.75 Å². The highest BCUT2D eigenvalue weighted by molar-refractivity contribution is 7.28. The minimum Gasteiger partial charge on any atom is -0.142 e. The van der Waals surface area contributed by atoms with Gasteiger partial charge >= 0.3 is 0 Å². The van der Waals surface area contributed by atoms with Crippen LogP contribution in [0, 0.1) is 0 Å². The summed E-state index contributed by atoms with van der Waals surface area (Å²) in [5.74, 6) is 0. The van der Waals surface area contributed by atoms with Crippen LogP contribution >= 0.6 is 45.3 Å². The van der Waals surface area contributed by atoms with E-state index >= 15 is 0 Å². The van der Waals surface area contributed by atoms with Crippen molar-refractivity contribution in [1.29, 1.82) is 0 Å². The zero-order valence-corrected chi connectivity index (χ0v) is 25.6. The normalized spacial score (nSPS) is 11.8. The lowest BCUT2D eigenvalue weighted by Gasteiger charge is -2.12. The first-order chi connectivity index (χ1) is 20.8. The van der Waals surface area contributed by atoms with Gasteiger partial charge in [0.1, 0.15) is 0 Å². The van der Waals surface area contributed by atoms with Crippen molar-refractivity contribution in [3.63, 3.8) is 0 Å². The molecule has 0 atom stereocenters. The molecular weight excluding hydrogens is 585 g/mol. The fourth-order valence-electron chi connectivity index (χ4n) is 6.14. The number of hydrogen-bond donors (Lipinski definition) is 0. The van der Waals surface area contributed by atoms with Gasteiger partial charge in [-0.3, -0.25) is 0 Å². The van der Waals surface area contributed by atoms with Gasteiger partial charge in [0.15, 0.2) is 0 Å². The number of thiophene rings is 4. The van der Waals surface area contributed by atoms with E-state index in [4.69, 9.17) is 0 Å². The second-order valence-corrected chi connectivity index (χ2v) is 14.4. The second kappa shape index (κ2) is 9.75. The maximum atomic E-state index is 2.46. The molecule has 4 heterocycles. The van der Waals surface area contributed by atoms with E-state index in [2.05, 4.69) is 132 Å². The molecule has 0 unspecified atom stereocenters. The van der Waals surface area contributed by atoms with Gasteiger partial charge < -0.3 is 0 Å². The van der Waals surface area contributed by atoms with Crippen molar-refractivity contribution >= 4 is 87.1 Å². The summed E-state index contributed by atoms with van der Waals surface area (Å²) < 4.78 is 2.72. The summed E-state index contributed by atoms with van der Waals surface area (Å²) in [6, 6.07) is 44.5. The molecule has 0 nitrogen and oxygen atoms in total. The second-order valence-electron chi connectivity index (χ2n) is 10.5. The van der Waals surface area contributed by atoms with Gasteiger partial charge in [-0.15, -0.1) is 45.3 Å². The van der Waals surface area contributed by atoms with E-state index in [1.165, 1.54) is 83.5 Å². The fraction of sp³-hybridized carbons (Fsp3) is 0. The van der Waals surface area contributed by atoms with Gasteiger partial charge in [0.2, 0.25) is 0 Å². The lowest BCUT2D eigenvalue weighted by molar-refractivity contribution is 1.68. The Hall–Kier alpha value is -4.06. The highest BCUT2D eigenvalue weighted by atomic mass is 32.1. The van der Waals surface area contributed by atoms with Crippen LogP contribution in [0.2, 0.25) is 0 Å². The first-order valence-corrected chi connectivity index (χ1v) is 17.3. The van der Waals surface area contributed by atoms with E-state index in [0.717, 1.165) is 0 Å². The molecule has 0 N–H and O–H groups in total. The predicted octanol–water partition coefficient (Wildman–Crippen LogP) is 13.2. The summed E-state index contributed by atoms with van der Waals surface area (Å²) >= 11 is 7.60. The maximum absolute atomic E-state index is 2.46. The van der Waals surface area contributed by atoms with E-state index in [1.807, 2.05) is 45.3 Å². The van der Waals surface area contributed by atoms with Gasteiger partial charge in [-0.2, -0.15) is 0 Å². The summed E-state index contributed by atoms with van der Waals surface area (Å²) in [7, 11) is 0. The Morgan fingerprint density at radius 1 is 0.381 bits per heavy atom. The molecule has 0 saturated heterocycles. The molecule has 198 valence electrons. The van der Waals surface area contributed by atoms with Crippen molar-refractivity contribution in [2.24, 2.45) is 0 Å². The lowest BCUT2D eigenvalue weighted by atomic mass is 9.93. The SMILES string of the molecule is c1ccc(-c2c3cc(-c4scc5ccccc45)sc3c(-c3ccccc3)c3cc(-c4scc5ccccc45)sc23)cc1. The third-order valence-electron chi connectivity index (χ3n) is 8.05. The number of fused-ring (bicyclic) bond motifs is 4. The fourth-order valence-corrected chi connectivity index (χ4v) is 11.0. The molecular formula is C38H22S4. The average Bonchev–Trinajstić information content (AvgIpc) is 3.84. The Balaban J connectivity index is 1.42. The molecule has 42 heavy (non-hydrogen) atoms. The minimum atomic E-state index is 1.27. The summed E-state index contributed by atoms with van der Waals surface area (Å²) in [5, 5.41) is 12.6. The van der Waals surface area contributed by atoms with Gasteiger partial charge in [-0.25, -0.2) is 0 Å². The first-order valence-electron chi connectivity index (χ1n) is 13.9. The molecule has 9 aromatic rings. The number of rotatable bonds is 4. The standard InChI is InChI=1S/C38H22S4/c1-3-11-23(12-4-1)33-29-19-31(35-27-17-9-7-15-25(27)21-39-35)42-38(29)34(24-13-5-2-6-14-24)30-20-32(41-37(30)33)36-28-18-10-8-16-26(28)22-40-36/h1-22H. The van der Waals surface area contributed by atoms with Crippen molar-refractivity contribution in [3.05, 3.63) is 132 Å². The Bertz CT molecular complexity index is 2170. The van der Waals surface area contributed by atoms with Crippen LogP contribution in [0.1, 0.15) is 0 Å².